The molecule has 25 heavy (non-hydrogen) atoms. The van der Waals surface area contributed by atoms with Crippen molar-refractivity contribution in [1.29, 1.82) is 0 Å². The van der Waals surface area contributed by atoms with Gasteiger partial charge in [-0.25, -0.2) is 4.79 Å². The molecule has 3 rings (SSSR count). The molecule has 5 heteroatoms. The molecule has 0 spiro atoms. The maximum absolute atomic E-state index is 13.2. The predicted octanol–water partition coefficient (Wildman–Crippen LogP) is 3.36. The minimum absolute atomic E-state index is 0.214. The summed E-state index contributed by atoms with van der Waals surface area (Å²) in [4.78, 5) is 27.0. The van der Waals surface area contributed by atoms with E-state index >= 15 is 0 Å². The molecule has 1 saturated heterocycles. The molecule has 1 aliphatic rings. The topological polar surface area (TPSA) is 58.6 Å². The minimum Gasteiger partial charge on any atom is -0.497 e. The zero-order chi connectivity index (χ0) is 18.0. The highest BCUT2D eigenvalue weighted by Crippen LogP contribution is 2.34. The van der Waals surface area contributed by atoms with Crippen LogP contribution in [-0.2, 0) is 16.9 Å². The number of amides is 3. The molecule has 3 amide bonds. The highest BCUT2D eigenvalue weighted by molar-refractivity contribution is 6.07. The second-order valence-corrected chi connectivity index (χ2v) is 6.24. The van der Waals surface area contributed by atoms with E-state index in [9.17, 15) is 9.59 Å². The maximum Gasteiger partial charge on any atom is 0.325 e. The Bertz CT molecular complexity index is 801. The zero-order valence-corrected chi connectivity index (χ0v) is 14.7. The lowest BCUT2D eigenvalue weighted by atomic mass is 9.87. The summed E-state index contributed by atoms with van der Waals surface area (Å²) in [6, 6.07) is 14.7. The van der Waals surface area contributed by atoms with Gasteiger partial charge in [-0.15, -0.1) is 0 Å². The molecule has 0 radical (unpaired) electrons. The fourth-order valence-electron chi connectivity index (χ4n) is 3.24. The van der Waals surface area contributed by atoms with E-state index < -0.39 is 5.54 Å². The molecule has 2 aromatic rings. The van der Waals surface area contributed by atoms with Crippen LogP contribution >= 0.6 is 0 Å². The van der Waals surface area contributed by atoms with Crippen molar-refractivity contribution < 1.29 is 14.3 Å². The first-order chi connectivity index (χ1) is 12.0. The number of urea groups is 1. The van der Waals surface area contributed by atoms with Crippen LogP contribution in [0.3, 0.4) is 0 Å². The Kier molecular flexibility index (Phi) is 4.49. The van der Waals surface area contributed by atoms with Gasteiger partial charge >= 0.3 is 6.03 Å². The third-order valence-electron chi connectivity index (χ3n) is 4.88. The number of rotatable bonds is 5. The number of carbonyl (C=O) groups is 2. The Morgan fingerprint density at radius 3 is 2.36 bits per heavy atom. The SMILES string of the molecule is CC[C@]1(c2ccc(OC)cc2)NC(=O)N(Cc2ccccc2C)C1=O. The Morgan fingerprint density at radius 2 is 1.76 bits per heavy atom. The third kappa shape index (κ3) is 2.86. The molecular weight excluding hydrogens is 316 g/mol. The second-order valence-electron chi connectivity index (χ2n) is 6.24. The van der Waals surface area contributed by atoms with Gasteiger partial charge in [-0.3, -0.25) is 9.69 Å². The summed E-state index contributed by atoms with van der Waals surface area (Å²) in [7, 11) is 1.59. The highest BCUT2D eigenvalue weighted by Gasteiger charge is 2.51. The molecule has 130 valence electrons. The number of hydrogen-bond acceptors (Lipinski definition) is 3. The van der Waals surface area contributed by atoms with Crippen LogP contribution < -0.4 is 10.1 Å². The van der Waals surface area contributed by atoms with E-state index in [1.54, 1.807) is 19.2 Å². The number of hydrogen-bond donors (Lipinski definition) is 1. The first-order valence-electron chi connectivity index (χ1n) is 8.35. The molecule has 0 bridgehead atoms. The number of methoxy groups -OCH3 is 1. The first-order valence-corrected chi connectivity index (χ1v) is 8.35. The molecule has 2 aromatic carbocycles. The average molecular weight is 338 g/mol. The first kappa shape index (κ1) is 17.0. The largest absolute Gasteiger partial charge is 0.497 e. The summed E-state index contributed by atoms with van der Waals surface area (Å²) in [5.41, 5.74) is 1.77. The lowest BCUT2D eigenvalue weighted by molar-refractivity contribution is -0.132. The Morgan fingerprint density at radius 1 is 1.08 bits per heavy atom. The fraction of sp³-hybridized carbons (Fsp3) is 0.300. The molecule has 1 heterocycles. The van der Waals surface area contributed by atoms with Crippen LogP contribution in [0.15, 0.2) is 48.5 Å². The molecule has 1 N–H and O–H groups in total. The van der Waals surface area contributed by atoms with Crippen LogP contribution in [0.2, 0.25) is 0 Å². The van der Waals surface area contributed by atoms with Crippen molar-refractivity contribution >= 4 is 11.9 Å². The average Bonchev–Trinajstić information content (AvgIpc) is 2.88. The molecule has 0 aliphatic carbocycles. The van der Waals surface area contributed by atoms with E-state index in [-0.39, 0.29) is 18.5 Å². The molecule has 5 nitrogen and oxygen atoms in total. The molecule has 1 fully saturated rings. The van der Waals surface area contributed by atoms with Crippen LogP contribution in [0, 0.1) is 6.92 Å². The van der Waals surface area contributed by atoms with Crippen LogP contribution in [0.4, 0.5) is 4.79 Å². The lowest BCUT2D eigenvalue weighted by Crippen LogP contribution is -2.43. The van der Waals surface area contributed by atoms with E-state index in [1.165, 1.54) is 4.90 Å². The van der Waals surface area contributed by atoms with Crippen LogP contribution in [0.1, 0.15) is 30.0 Å². The van der Waals surface area contributed by atoms with Gasteiger partial charge in [-0.2, -0.15) is 0 Å². The lowest BCUT2D eigenvalue weighted by Gasteiger charge is -2.26. The van der Waals surface area contributed by atoms with E-state index in [1.807, 2.05) is 50.2 Å². The van der Waals surface area contributed by atoms with Crippen molar-refractivity contribution in [3.05, 3.63) is 65.2 Å². The summed E-state index contributed by atoms with van der Waals surface area (Å²) in [5.74, 6) is 0.497. The van der Waals surface area contributed by atoms with Gasteiger partial charge in [0, 0.05) is 0 Å². The van der Waals surface area contributed by atoms with Crippen molar-refractivity contribution in [3.63, 3.8) is 0 Å². The van der Waals surface area contributed by atoms with Gasteiger partial charge in [0.1, 0.15) is 11.3 Å². The van der Waals surface area contributed by atoms with Crippen LogP contribution in [0.5, 0.6) is 5.75 Å². The number of aryl methyl sites for hydroxylation is 1. The van der Waals surface area contributed by atoms with Crippen molar-refractivity contribution in [3.8, 4) is 5.75 Å². The van der Waals surface area contributed by atoms with Gasteiger partial charge < -0.3 is 10.1 Å². The monoisotopic (exact) mass is 338 g/mol. The van der Waals surface area contributed by atoms with Crippen LogP contribution in [0.25, 0.3) is 0 Å². The van der Waals surface area contributed by atoms with Crippen molar-refractivity contribution in [2.45, 2.75) is 32.4 Å². The predicted molar refractivity (Wildman–Crippen MR) is 95.2 cm³/mol. The number of benzene rings is 2. The number of ether oxygens (including phenoxy) is 1. The zero-order valence-electron chi connectivity index (χ0n) is 14.7. The molecule has 1 atom stereocenters. The molecule has 1 aliphatic heterocycles. The van der Waals surface area contributed by atoms with Gasteiger partial charge in [-0.1, -0.05) is 43.3 Å². The summed E-state index contributed by atoms with van der Waals surface area (Å²) >= 11 is 0. The second kappa shape index (κ2) is 6.59. The standard InChI is InChI=1S/C20H22N2O3/c1-4-20(16-9-11-17(25-3)12-10-16)18(23)22(19(24)21-20)13-15-8-6-5-7-14(15)2/h5-12H,4,13H2,1-3H3,(H,21,24)/t20-/m1/s1. The van der Waals surface area contributed by atoms with Gasteiger partial charge in [0.2, 0.25) is 0 Å². The highest BCUT2D eigenvalue weighted by atomic mass is 16.5. The van der Waals surface area contributed by atoms with E-state index in [4.69, 9.17) is 4.74 Å². The van der Waals surface area contributed by atoms with Gasteiger partial charge in [0.05, 0.1) is 13.7 Å². The number of nitrogens with one attached hydrogen (secondary N) is 1. The van der Waals surface area contributed by atoms with Crippen LogP contribution in [-0.4, -0.2) is 23.9 Å². The Labute approximate surface area is 147 Å². The molecule has 0 unspecified atom stereocenters. The van der Waals surface area contributed by atoms with Gasteiger partial charge in [-0.05, 0) is 42.2 Å². The molecule has 0 aromatic heterocycles. The summed E-state index contributed by atoms with van der Waals surface area (Å²) in [5, 5.41) is 2.91. The molecular formula is C20H22N2O3. The number of imide groups is 1. The minimum atomic E-state index is -1.02. The Balaban J connectivity index is 1.93. The normalized spacial score (nSPS) is 19.9. The summed E-state index contributed by atoms with van der Waals surface area (Å²) in [6.45, 7) is 4.15. The smallest absolute Gasteiger partial charge is 0.325 e. The van der Waals surface area contributed by atoms with Crippen molar-refractivity contribution in [1.82, 2.24) is 10.2 Å². The van der Waals surface area contributed by atoms with E-state index in [0.29, 0.717) is 12.2 Å². The van der Waals surface area contributed by atoms with Crippen molar-refractivity contribution in [2.75, 3.05) is 7.11 Å². The number of carbonyl (C=O) groups excluding carboxylic acids is 2. The fourth-order valence-corrected chi connectivity index (χ4v) is 3.24. The van der Waals surface area contributed by atoms with E-state index in [2.05, 4.69) is 5.32 Å². The Hall–Kier alpha value is -2.82. The van der Waals surface area contributed by atoms with Gasteiger partial charge in [0.25, 0.3) is 5.91 Å². The number of nitrogens with zero attached hydrogens (tertiary/aromatic N) is 1. The maximum atomic E-state index is 13.2. The third-order valence-corrected chi connectivity index (χ3v) is 4.88. The summed E-state index contributed by atoms with van der Waals surface area (Å²) in [6.07, 6.45) is 0.480. The quantitative estimate of drug-likeness (QED) is 0.851. The summed E-state index contributed by atoms with van der Waals surface area (Å²) < 4.78 is 5.18. The van der Waals surface area contributed by atoms with Crippen molar-refractivity contribution in [2.24, 2.45) is 0 Å². The molecule has 0 saturated carbocycles. The van der Waals surface area contributed by atoms with E-state index in [0.717, 1.165) is 16.7 Å². The van der Waals surface area contributed by atoms with Gasteiger partial charge in [0.15, 0.2) is 0 Å².